The number of hydrogen-bond acceptors (Lipinski definition) is 3. The minimum absolute atomic E-state index is 0.0657. The third-order valence-electron chi connectivity index (χ3n) is 2.91. The molecular weight excluding hydrogens is 216 g/mol. The molecule has 2 atom stereocenters. The van der Waals surface area contributed by atoms with Gasteiger partial charge in [0.15, 0.2) is 11.9 Å². The number of nitrogens with two attached hydrogens (primary N) is 1. The minimum Gasteiger partial charge on any atom is -0.483 e. The highest BCUT2D eigenvalue weighted by molar-refractivity contribution is 5.84. The van der Waals surface area contributed by atoms with Crippen molar-refractivity contribution in [3.8, 4) is 5.75 Å². The summed E-state index contributed by atoms with van der Waals surface area (Å²) in [5.41, 5.74) is 6.73. The summed E-state index contributed by atoms with van der Waals surface area (Å²) in [7, 11) is 0. The van der Waals surface area contributed by atoms with E-state index in [1.807, 2.05) is 24.3 Å². The Morgan fingerprint density at radius 2 is 1.94 bits per heavy atom. The third kappa shape index (κ3) is 3.66. The Bertz CT molecular complexity index is 374. The summed E-state index contributed by atoms with van der Waals surface area (Å²) >= 11 is 0. The molecule has 0 fully saturated rings. The SMILES string of the molecule is CCC(C)c1ccc(OC(C)/C(N)=N/O)cc1. The van der Waals surface area contributed by atoms with E-state index in [0.717, 1.165) is 12.2 Å². The van der Waals surface area contributed by atoms with Crippen molar-refractivity contribution in [1.82, 2.24) is 0 Å². The smallest absolute Gasteiger partial charge is 0.180 e. The molecule has 3 N–H and O–H groups in total. The molecule has 0 aliphatic rings. The van der Waals surface area contributed by atoms with Crippen LogP contribution in [0.2, 0.25) is 0 Å². The largest absolute Gasteiger partial charge is 0.483 e. The lowest BCUT2D eigenvalue weighted by molar-refractivity contribution is 0.265. The molecule has 4 nitrogen and oxygen atoms in total. The topological polar surface area (TPSA) is 67.8 Å². The van der Waals surface area contributed by atoms with Gasteiger partial charge in [-0.3, -0.25) is 0 Å². The molecule has 1 rings (SSSR count). The number of hydrogen-bond donors (Lipinski definition) is 2. The van der Waals surface area contributed by atoms with Gasteiger partial charge >= 0.3 is 0 Å². The summed E-state index contributed by atoms with van der Waals surface area (Å²) in [6.07, 6.45) is 0.676. The molecule has 17 heavy (non-hydrogen) atoms. The van der Waals surface area contributed by atoms with E-state index >= 15 is 0 Å². The van der Waals surface area contributed by atoms with Crippen LogP contribution in [0.15, 0.2) is 29.4 Å². The Morgan fingerprint density at radius 3 is 2.41 bits per heavy atom. The van der Waals surface area contributed by atoms with Crippen LogP contribution in [0.4, 0.5) is 0 Å². The first kappa shape index (κ1) is 13.4. The molecule has 1 aromatic rings. The van der Waals surface area contributed by atoms with Crippen LogP contribution in [0.25, 0.3) is 0 Å². The fraction of sp³-hybridized carbons (Fsp3) is 0.462. The van der Waals surface area contributed by atoms with Crippen molar-refractivity contribution in [2.45, 2.75) is 39.2 Å². The number of oxime groups is 1. The molecule has 2 unspecified atom stereocenters. The van der Waals surface area contributed by atoms with Gasteiger partial charge in [-0.1, -0.05) is 31.1 Å². The number of benzene rings is 1. The molecule has 0 radical (unpaired) electrons. The predicted octanol–water partition coefficient (Wildman–Crippen LogP) is 2.71. The standard InChI is InChI=1S/C13H20N2O2/c1-4-9(2)11-5-7-12(8-6-11)17-10(3)13(14)15-16/h5-10,16H,4H2,1-3H3,(H2,14,15). The Labute approximate surface area is 102 Å². The van der Waals surface area contributed by atoms with E-state index in [-0.39, 0.29) is 5.84 Å². The van der Waals surface area contributed by atoms with Crippen molar-refractivity contribution in [3.05, 3.63) is 29.8 Å². The van der Waals surface area contributed by atoms with E-state index in [1.54, 1.807) is 6.92 Å². The molecular formula is C13H20N2O2. The Kier molecular flexibility index (Phi) is 4.82. The lowest BCUT2D eigenvalue weighted by Crippen LogP contribution is -2.31. The second-order valence-electron chi connectivity index (χ2n) is 4.16. The van der Waals surface area contributed by atoms with E-state index in [1.165, 1.54) is 5.56 Å². The molecule has 0 bridgehead atoms. The zero-order valence-electron chi connectivity index (χ0n) is 10.6. The molecule has 94 valence electrons. The zero-order valence-corrected chi connectivity index (χ0v) is 10.6. The quantitative estimate of drug-likeness (QED) is 0.357. The van der Waals surface area contributed by atoms with Crippen LogP contribution >= 0.6 is 0 Å². The molecule has 0 aromatic heterocycles. The highest BCUT2D eigenvalue weighted by Crippen LogP contribution is 2.21. The normalized spacial score (nSPS) is 15.4. The molecule has 0 heterocycles. The molecule has 0 aliphatic carbocycles. The first-order valence-electron chi connectivity index (χ1n) is 5.82. The molecule has 0 spiro atoms. The van der Waals surface area contributed by atoms with Gasteiger partial charge in [-0.05, 0) is 37.0 Å². The molecule has 0 saturated heterocycles. The van der Waals surface area contributed by atoms with Gasteiger partial charge in [-0.15, -0.1) is 0 Å². The first-order chi connectivity index (χ1) is 8.08. The molecule has 1 aromatic carbocycles. The van der Waals surface area contributed by atoms with Crippen LogP contribution in [-0.4, -0.2) is 17.1 Å². The molecule has 0 amide bonds. The number of nitrogens with zero attached hydrogens (tertiary/aromatic N) is 1. The minimum atomic E-state index is -0.436. The van der Waals surface area contributed by atoms with Crippen LogP contribution in [0.3, 0.4) is 0 Å². The maximum Gasteiger partial charge on any atom is 0.180 e. The van der Waals surface area contributed by atoms with E-state index in [9.17, 15) is 0 Å². The van der Waals surface area contributed by atoms with Crippen LogP contribution in [-0.2, 0) is 0 Å². The third-order valence-corrected chi connectivity index (χ3v) is 2.91. The maximum atomic E-state index is 8.51. The highest BCUT2D eigenvalue weighted by Gasteiger charge is 2.09. The average Bonchev–Trinajstić information content (AvgIpc) is 2.37. The van der Waals surface area contributed by atoms with Crippen LogP contribution in [0.5, 0.6) is 5.75 Å². The summed E-state index contributed by atoms with van der Waals surface area (Å²) in [4.78, 5) is 0. The van der Waals surface area contributed by atoms with Gasteiger partial charge in [0.1, 0.15) is 5.75 Å². The van der Waals surface area contributed by atoms with Crippen molar-refractivity contribution in [2.24, 2.45) is 10.9 Å². The van der Waals surface area contributed by atoms with Gasteiger partial charge in [0.05, 0.1) is 0 Å². The Hall–Kier alpha value is -1.71. The summed E-state index contributed by atoms with van der Waals surface area (Å²) in [5.74, 6) is 1.33. The van der Waals surface area contributed by atoms with Gasteiger partial charge in [0, 0.05) is 0 Å². The number of amidine groups is 1. The molecule has 0 saturated carbocycles. The average molecular weight is 236 g/mol. The maximum absolute atomic E-state index is 8.51. The molecule has 4 heteroatoms. The lowest BCUT2D eigenvalue weighted by atomic mass is 9.99. The second kappa shape index (κ2) is 6.13. The summed E-state index contributed by atoms with van der Waals surface area (Å²) in [6, 6.07) is 7.90. The van der Waals surface area contributed by atoms with E-state index in [2.05, 4.69) is 19.0 Å². The predicted molar refractivity (Wildman–Crippen MR) is 68.6 cm³/mol. The Morgan fingerprint density at radius 1 is 1.35 bits per heavy atom. The first-order valence-corrected chi connectivity index (χ1v) is 5.82. The van der Waals surface area contributed by atoms with E-state index in [0.29, 0.717) is 5.92 Å². The Balaban J connectivity index is 2.69. The summed E-state index contributed by atoms with van der Waals surface area (Å²) in [5, 5.41) is 11.4. The van der Waals surface area contributed by atoms with Gasteiger partial charge in [0.25, 0.3) is 0 Å². The van der Waals surface area contributed by atoms with Crippen molar-refractivity contribution in [2.75, 3.05) is 0 Å². The zero-order chi connectivity index (χ0) is 12.8. The highest BCUT2D eigenvalue weighted by atomic mass is 16.5. The van der Waals surface area contributed by atoms with E-state index < -0.39 is 6.10 Å². The van der Waals surface area contributed by atoms with Crippen LogP contribution in [0, 0.1) is 0 Å². The number of rotatable bonds is 5. The van der Waals surface area contributed by atoms with Crippen molar-refractivity contribution >= 4 is 5.84 Å². The van der Waals surface area contributed by atoms with Crippen molar-refractivity contribution < 1.29 is 9.94 Å². The van der Waals surface area contributed by atoms with Crippen LogP contribution in [0.1, 0.15) is 38.7 Å². The second-order valence-corrected chi connectivity index (χ2v) is 4.16. The fourth-order valence-electron chi connectivity index (χ4n) is 1.46. The molecule has 0 aliphatic heterocycles. The number of ether oxygens (including phenoxy) is 1. The lowest BCUT2D eigenvalue weighted by Gasteiger charge is -2.14. The van der Waals surface area contributed by atoms with Crippen LogP contribution < -0.4 is 10.5 Å². The summed E-state index contributed by atoms with van der Waals surface area (Å²) in [6.45, 7) is 6.09. The summed E-state index contributed by atoms with van der Waals surface area (Å²) < 4.78 is 5.52. The van der Waals surface area contributed by atoms with Gasteiger partial charge in [0.2, 0.25) is 0 Å². The monoisotopic (exact) mass is 236 g/mol. The van der Waals surface area contributed by atoms with Gasteiger partial charge < -0.3 is 15.7 Å². The van der Waals surface area contributed by atoms with Gasteiger partial charge in [-0.2, -0.15) is 0 Å². The van der Waals surface area contributed by atoms with Crippen molar-refractivity contribution in [3.63, 3.8) is 0 Å². The van der Waals surface area contributed by atoms with Gasteiger partial charge in [-0.25, -0.2) is 0 Å². The van der Waals surface area contributed by atoms with Crippen molar-refractivity contribution in [1.29, 1.82) is 0 Å². The fourth-order valence-corrected chi connectivity index (χ4v) is 1.46. The van der Waals surface area contributed by atoms with E-state index in [4.69, 9.17) is 15.7 Å².